The van der Waals surface area contributed by atoms with Crippen LogP contribution in [0.25, 0.3) is 33.4 Å². The molecule has 0 amide bonds. The van der Waals surface area contributed by atoms with Gasteiger partial charge in [-0.2, -0.15) is 0 Å². The van der Waals surface area contributed by atoms with E-state index >= 15 is 0 Å². The number of hydrogen-bond acceptors (Lipinski definition) is 0. The summed E-state index contributed by atoms with van der Waals surface area (Å²) in [6.07, 6.45) is 0. The highest BCUT2D eigenvalue weighted by Gasteiger charge is 2.41. The van der Waals surface area contributed by atoms with Crippen LogP contribution in [0.4, 0.5) is 17.6 Å². The SMILES string of the molecule is Fc1cc(F)cc(-c2ccc([Si](c3ccccc3)(c3ccc(-c4ccccc4)cc3)c3ccc(-c4cc(F)cc(F)c4)cc3)cc2)c1. The van der Waals surface area contributed by atoms with Crippen LogP contribution in [0.15, 0.2) is 170 Å². The molecule has 0 saturated carbocycles. The third-order valence-corrected chi connectivity index (χ3v) is 13.5. The van der Waals surface area contributed by atoms with Crippen molar-refractivity contribution < 1.29 is 17.6 Å². The van der Waals surface area contributed by atoms with Gasteiger partial charge in [-0.15, -0.1) is 0 Å². The molecule has 0 aliphatic rings. The standard InChI is InChI=1S/C42H28F4Si/c43-35-23-33(24-36(44)27-35)31-13-19-41(20-14-31)47(39-9-5-2-6-10-39,40-17-11-30(12-18-40)29-7-3-1-4-8-29)42-21-15-32(16-22-42)34-25-37(45)28-38(46)26-34/h1-28H. The van der Waals surface area contributed by atoms with E-state index in [0.717, 1.165) is 44.0 Å². The first kappa shape index (κ1) is 30.1. The molecule has 0 fully saturated rings. The fraction of sp³-hybridized carbons (Fsp3) is 0. The molecule has 0 saturated heterocycles. The third-order valence-electron chi connectivity index (χ3n) is 8.66. The Bertz CT molecular complexity index is 2010. The summed E-state index contributed by atoms with van der Waals surface area (Å²) in [5, 5.41) is 4.42. The predicted molar refractivity (Wildman–Crippen MR) is 186 cm³/mol. The van der Waals surface area contributed by atoms with Crippen LogP contribution >= 0.6 is 0 Å². The minimum Gasteiger partial charge on any atom is -0.207 e. The van der Waals surface area contributed by atoms with Gasteiger partial charge in [0.2, 0.25) is 0 Å². The van der Waals surface area contributed by atoms with Crippen molar-refractivity contribution in [1.29, 1.82) is 0 Å². The van der Waals surface area contributed by atoms with Crippen LogP contribution in [0, 0.1) is 23.3 Å². The highest BCUT2D eigenvalue weighted by Crippen LogP contribution is 2.25. The zero-order chi connectivity index (χ0) is 32.4. The van der Waals surface area contributed by atoms with Gasteiger partial charge in [0.15, 0.2) is 8.07 Å². The van der Waals surface area contributed by atoms with Crippen molar-refractivity contribution in [3.05, 3.63) is 193 Å². The molecule has 5 heteroatoms. The third kappa shape index (κ3) is 5.94. The number of halogens is 4. The molecule has 0 aliphatic heterocycles. The van der Waals surface area contributed by atoms with E-state index in [1.807, 2.05) is 60.7 Å². The van der Waals surface area contributed by atoms with Crippen molar-refractivity contribution in [2.75, 3.05) is 0 Å². The van der Waals surface area contributed by atoms with E-state index in [0.29, 0.717) is 22.3 Å². The zero-order valence-electron chi connectivity index (χ0n) is 25.2. The quantitative estimate of drug-likeness (QED) is 0.0934. The second-order valence-electron chi connectivity index (χ2n) is 11.5. The Balaban J connectivity index is 1.44. The molecule has 47 heavy (non-hydrogen) atoms. The predicted octanol–water partition coefficient (Wildman–Crippen LogP) is 8.62. The molecule has 0 aliphatic carbocycles. The Kier molecular flexibility index (Phi) is 8.15. The smallest absolute Gasteiger partial charge is 0.179 e. The molecule has 0 aromatic heterocycles. The van der Waals surface area contributed by atoms with Crippen LogP contribution < -0.4 is 20.7 Å². The minimum atomic E-state index is -3.01. The van der Waals surface area contributed by atoms with E-state index in [1.54, 1.807) is 0 Å². The molecule has 0 atom stereocenters. The summed E-state index contributed by atoms with van der Waals surface area (Å²) >= 11 is 0. The van der Waals surface area contributed by atoms with Gasteiger partial charge < -0.3 is 0 Å². The van der Waals surface area contributed by atoms with Gasteiger partial charge in [0, 0.05) is 12.1 Å². The van der Waals surface area contributed by atoms with Crippen molar-refractivity contribution in [1.82, 2.24) is 0 Å². The Hall–Kier alpha value is -5.52. The average Bonchev–Trinajstić information content (AvgIpc) is 3.09. The molecule has 7 rings (SSSR count). The van der Waals surface area contributed by atoms with Gasteiger partial charge in [0.1, 0.15) is 23.3 Å². The molecule has 7 aromatic rings. The van der Waals surface area contributed by atoms with Gasteiger partial charge in [-0.1, -0.05) is 133 Å². The fourth-order valence-corrected chi connectivity index (χ4v) is 11.2. The van der Waals surface area contributed by atoms with Crippen LogP contribution in [0.3, 0.4) is 0 Å². The lowest BCUT2D eigenvalue weighted by Crippen LogP contribution is -2.74. The van der Waals surface area contributed by atoms with E-state index in [-0.39, 0.29) is 0 Å². The topological polar surface area (TPSA) is 0 Å². The van der Waals surface area contributed by atoms with Crippen LogP contribution in [0.2, 0.25) is 0 Å². The number of rotatable bonds is 7. The zero-order valence-corrected chi connectivity index (χ0v) is 26.2. The summed E-state index contributed by atoms with van der Waals surface area (Å²) in [5.74, 6) is -2.52. The second kappa shape index (κ2) is 12.7. The van der Waals surface area contributed by atoms with E-state index in [4.69, 9.17) is 0 Å². The molecule has 0 spiro atoms. The van der Waals surface area contributed by atoms with Crippen LogP contribution in [0.5, 0.6) is 0 Å². The molecule has 0 radical (unpaired) electrons. The van der Waals surface area contributed by atoms with Crippen molar-refractivity contribution >= 4 is 28.8 Å². The lowest BCUT2D eigenvalue weighted by molar-refractivity contribution is 0.583. The Morgan fingerprint density at radius 2 is 0.532 bits per heavy atom. The molecule has 0 N–H and O–H groups in total. The number of hydrogen-bond donors (Lipinski definition) is 0. The van der Waals surface area contributed by atoms with E-state index < -0.39 is 31.3 Å². The van der Waals surface area contributed by atoms with Gasteiger partial charge >= 0.3 is 0 Å². The highest BCUT2D eigenvalue weighted by atomic mass is 28.3. The van der Waals surface area contributed by atoms with Gasteiger partial charge in [-0.3, -0.25) is 0 Å². The molecular formula is C42H28F4Si. The number of benzene rings is 7. The Morgan fingerprint density at radius 3 is 0.894 bits per heavy atom. The van der Waals surface area contributed by atoms with Crippen LogP contribution in [-0.4, -0.2) is 8.07 Å². The van der Waals surface area contributed by atoms with Crippen LogP contribution in [-0.2, 0) is 0 Å². The van der Waals surface area contributed by atoms with Crippen molar-refractivity contribution in [2.45, 2.75) is 0 Å². The van der Waals surface area contributed by atoms with Crippen molar-refractivity contribution in [3.8, 4) is 33.4 Å². The van der Waals surface area contributed by atoms with E-state index in [9.17, 15) is 17.6 Å². The Labute approximate surface area is 272 Å². The molecule has 0 bridgehead atoms. The monoisotopic (exact) mass is 636 g/mol. The largest absolute Gasteiger partial charge is 0.207 e. The molecule has 0 unspecified atom stereocenters. The normalized spacial score (nSPS) is 11.4. The molecule has 0 nitrogen and oxygen atoms in total. The average molecular weight is 637 g/mol. The summed E-state index contributed by atoms with van der Waals surface area (Å²) in [5.41, 5.74) is 4.53. The van der Waals surface area contributed by atoms with Crippen LogP contribution in [0.1, 0.15) is 0 Å². The molecular weight excluding hydrogens is 609 g/mol. The first-order valence-corrected chi connectivity index (χ1v) is 17.3. The lowest BCUT2D eigenvalue weighted by Gasteiger charge is -2.35. The van der Waals surface area contributed by atoms with E-state index in [1.165, 1.54) is 24.3 Å². The summed E-state index contributed by atoms with van der Waals surface area (Å²) < 4.78 is 56.5. The second-order valence-corrected chi connectivity index (χ2v) is 15.3. The first-order chi connectivity index (χ1) is 22.9. The lowest BCUT2D eigenvalue weighted by atomic mass is 10.1. The Morgan fingerprint density at radius 1 is 0.255 bits per heavy atom. The van der Waals surface area contributed by atoms with Gasteiger partial charge in [-0.05, 0) is 78.4 Å². The van der Waals surface area contributed by atoms with Crippen molar-refractivity contribution in [3.63, 3.8) is 0 Å². The maximum atomic E-state index is 14.1. The summed E-state index contributed by atoms with van der Waals surface area (Å²) in [6.45, 7) is 0. The van der Waals surface area contributed by atoms with Gasteiger partial charge in [0.25, 0.3) is 0 Å². The summed E-state index contributed by atoms with van der Waals surface area (Å²) in [4.78, 5) is 0. The summed E-state index contributed by atoms with van der Waals surface area (Å²) in [6, 6.07) is 52.1. The van der Waals surface area contributed by atoms with Crippen molar-refractivity contribution in [2.24, 2.45) is 0 Å². The van der Waals surface area contributed by atoms with Gasteiger partial charge in [-0.25, -0.2) is 17.6 Å². The summed E-state index contributed by atoms with van der Waals surface area (Å²) in [7, 11) is -3.01. The minimum absolute atomic E-state index is 0.458. The maximum absolute atomic E-state index is 14.1. The molecule has 0 heterocycles. The highest BCUT2D eigenvalue weighted by molar-refractivity contribution is 7.19. The van der Waals surface area contributed by atoms with E-state index in [2.05, 4.69) is 72.8 Å². The maximum Gasteiger partial charge on any atom is 0.179 e. The van der Waals surface area contributed by atoms with Gasteiger partial charge in [0.05, 0.1) is 0 Å². The molecule has 228 valence electrons. The fourth-order valence-electron chi connectivity index (χ4n) is 6.50. The molecule has 7 aromatic carbocycles. The first-order valence-electron chi connectivity index (χ1n) is 15.3.